The molecule has 2 aromatic carbocycles. The van der Waals surface area contributed by atoms with Gasteiger partial charge in [0.05, 0.1) is 16.8 Å². The van der Waals surface area contributed by atoms with Crippen LogP contribution in [0.25, 0.3) is 0 Å². The van der Waals surface area contributed by atoms with Gasteiger partial charge in [0.15, 0.2) is 0 Å². The Hall–Kier alpha value is -3.65. The molecule has 0 aliphatic rings. The number of hydrogen-bond acceptors (Lipinski definition) is 4. The SMILES string of the molecule is CC(C)N(Cc1ccccc1)C(=O)c1ccc(Nc2ccccc2C#N)nc1. The summed E-state index contributed by atoms with van der Waals surface area (Å²) in [6, 6.07) is 22.9. The number of anilines is 2. The largest absolute Gasteiger partial charge is 0.339 e. The zero-order valence-corrected chi connectivity index (χ0v) is 16.0. The molecule has 0 aliphatic heterocycles. The summed E-state index contributed by atoms with van der Waals surface area (Å²) in [6.07, 6.45) is 1.57. The Kier molecular flexibility index (Phi) is 6.03. The highest BCUT2D eigenvalue weighted by atomic mass is 16.2. The molecular formula is C23H22N4O. The zero-order valence-electron chi connectivity index (χ0n) is 16.0. The molecule has 0 atom stereocenters. The minimum atomic E-state index is -0.0599. The third kappa shape index (κ3) is 4.54. The van der Waals surface area contributed by atoms with E-state index in [0.29, 0.717) is 29.2 Å². The Bertz CT molecular complexity index is 975. The average molecular weight is 370 g/mol. The van der Waals surface area contributed by atoms with Gasteiger partial charge in [0.25, 0.3) is 5.91 Å². The first kappa shape index (κ1) is 19.1. The predicted octanol–water partition coefficient (Wildman–Crippen LogP) is 4.75. The number of hydrogen-bond donors (Lipinski definition) is 1. The van der Waals surface area contributed by atoms with E-state index in [0.717, 1.165) is 5.56 Å². The van der Waals surface area contributed by atoms with Gasteiger partial charge in [-0.2, -0.15) is 5.26 Å². The molecule has 1 amide bonds. The van der Waals surface area contributed by atoms with Crippen molar-refractivity contribution in [2.75, 3.05) is 5.32 Å². The van der Waals surface area contributed by atoms with E-state index in [4.69, 9.17) is 0 Å². The smallest absolute Gasteiger partial charge is 0.255 e. The quantitative estimate of drug-likeness (QED) is 0.680. The second-order valence-electron chi connectivity index (χ2n) is 6.73. The molecule has 140 valence electrons. The van der Waals surface area contributed by atoms with E-state index in [1.54, 1.807) is 24.4 Å². The summed E-state index contributed by atoms with van der Waals surface area (Å²) in [6.45, 7) is 4.55. The molecule has 0 fully saturated rings. The Morgan fingerprint density at radius 3 is 2.43 bits per heavy atom. The van der Waals surface area contributed by atoms with Crippen LogP contribution in [0.4, 0.5) is 11.5 Å². The highest BCUT2D eigenvalue weighted by Gasteiger charge is 2.19. The van der Waals surface area contributed by atoms with Gasteiger partial charge in [-0.25, -0.2) is 4.98 Å². The second kappa shape index (κ2) is 8.83. The van der Waals surface area contributed by atoms with E-state index < -0.39 is 0 Å². The highest BCUT2D eigenvalue weighted by Crippen LogP contribution is 2.20. The van der Waals surface area contributed by atoms with Crippen molar-refractivity contribution >= 4 is 17.4 Å². The van der Waals surface area contributed by atoms with Crippen molar-refractivity contribution in [3.63, 3.8) is 0 Å². The topological polar surface area (TPSA) is 69.0 Å². The fourth-order valence-corrected chi connectivity index (χ4v) is 2.86. The fraction of sp³-hybridized carbons (Fsp3) is 0.174. The first-order valence-electron chi connectivity index (χ1n) is 9.15. The van der Waals surface area contributed by atoms with Crippen LogP contribution in [0.15, 0.2) is 72.9 Å². The van der Waals surface area contributed by atoms with Crippen molar-refractivity contribution in [2.45, 2.75) is 26.4 Å². The maximum atomic E-state index is 13.0. The Morgan fingerprint density at radius 2 is 1.79 bits per heavy atom. The van der Waals surface area contributed by atoms with E-state index in [9.17, 15) is 10.1 Å². The van der Waals surface area contributed by atoms with Crippen LogP contribution >= 0.6 is 0 Å². The molecule has 0 spiro atoms. The number of benzene rings is 2. The van der Waals surface area contributed by atoms with Crippen molar-refractivity contribution in [2.24, 2.45) is 0 Å². The Morgan fingerprint density at radius 1 is 1.07 bits per heavy atom. The van der Waals surface area contributed by atoms with Crippen LogP contribution in [0, 0.1) is 11.3 Å². The molecule has 0 bridgehead atoms. The van der Waals surface area contributed by atoms with E-state index in [-0.39, 0.29) is 11.9 Å². The van der Waals surface area contributed by atoms with Crippen LogP contribution < -0.4 is 5.32 Å². The molecule has 0 aliphatic carbocycles. The van der Waals surface area contributed by atoms with E-state index in [1.807, 2.05) is 67.3 Å². The first-order chi connectivity index (χ1) is 13.6. The zero-order chi connectivity index (χ0) is 19.9. The monoisotopic (exact) mass is 370 g/mol. The molecule has 0 radical (unpaired) electrons. The summed E-state index contributed by atoms with van der Waals surface area (Å²) < 4.78 is 0. The number of amides is 1. The summed E-state index contributed by atoms with van der Waals surface area (Å²) in [7, 11) is 0. The third-order valence-corrected chi connectivity index (χ3v) is 4.40. The summed E-state index contributed by atoms with van der Waals surface area (Å²) in [4.78, 5) is 19.2. The lowest BCUT2D eigenvalue weighted by atomic mass is 10.1. The van der Waals surface area contributed by atoms with Gasteiger partial charge < -0.3 is 10.2 Å². The number of para-hydroxylation sites is 1. The number of nitriles is 1. The molecule has 28 heavy (non-hydrogen) atoms. The van der Waals surface area contributed by atoms with Gasteiger partial charge >= 0.3 is 0 Å². The average Bonchev–Trinajstić information content (AvgIpc) is 2.73. The molecule has 0 saturated carbocycles. The van der Waals surface area contributed by atoms with Crippen molar-refractivity contribution in [3.8, 4) is 6.07 Å². The third-order valence-electron chi connectivity index (χ3n) is 4.40. The molecular weight excluding hydrogens is 348 g/mol. The summed E-state index contributed by atoms with van der Waals surface area (Å²) in [5, 5.41) is 12.3. The predicted molar refractivity (Wildman–Crippen MR) is 110 cm³/mol. The van der Waals surface area contributed by atoms with Crippen molar-refractivity contribution < 1.29 is 4.79 Å². The molecule has 3 aromatic rings. The molecule has 1 heterocycles. The molecule has 0 unspecified atom stereocenters. The number of aromatic nitrogens is 1. The second-order valence-corrected chi connectivity index (χ2v) is 6.73. The Balaban J connectivity index is 1.76. The van der Waals surface area contributed by atoms with Crippen molar-refractivity contribution in [3.05, 3.63) is 89.6 Å². The number of rotatable bonds is 6. The van der Waals surface area contributed by atoms with Gasteiger partial charge in [0, 0.05) is 18.8 Å². The minimum Gasteiger partial charge on any atom is -0.339 e. The van der Waals surface area contributed by atoms with Crippen LogP contribution in [0.5, 0.6) is 0 Å². The number of carbonyl (C=O) groups excluding carboxylic acids is 1. The number of pyridine rings is 1. The highest BCUT2D eigenvalue weighted by molar-refractivity contribution is 5.94. The van der Waals surface area contributed by atoms with Crippen LogP contribution in [0.1, 0.15) is 35.3 Å². The van der Waals surface area contributed by atoms with Crippen LogP contribution in [0.2, 0.25) is 0 Å². The molecule has 5 nitrogen and oxygen atoms in total. The number of nitrogens with one attached hydrogen (secondary N) is 1. The lowest BCUT2D eigenvalue weighted by Gasteiger charge is -2.27. The van der Waals surface area contributed by atoms with Crippen molar-refractivity contribution in [1.82, 2.24) is 9.88 Å². The summed E-state index contributed by atoms with van der Waals surface area (Å²) in [5.74, 6) is 0.522. The standard InChI is InChI=1S/C23H22N4O/c1-17(2)27(16-18-8-4-3-5-9-18)23(28)20-12-13-22(25-15-20)26-21-11-7-6-10-19(21)14-24/h3-13,15,17H,16H2,1-2H3,(H,25,26). The van der Waals surface area contributed by atoms with Gasteiger partial charge in [-0.3, -0.25) is 4.79 Å². The van der Waals surface area contributed by atoms with E-state index in [2.05, 4.69) is 16.4 Å². The summed E-state index contributed by atoms with van der Waals surface area (Å²) >= 11 is 0. The lowest BCUT2D eigenvalue weighted by Crippen LogP contribution is -2.36. The maximum Gasteiger partial charge on any atom is 0.255 e. The Labute approximate surface area is 165 Å². The van der Waals surface area contributed by atoms with Gasteiger partial charge in [-0.05, 0) is 43.7 Å². The molecule has 1 aromatic heterocycles. The van der Waals surface area contributed by atoms with Gasteiger partial charge in [-0.1, -0.05) is 42.5 Å². The van der Waals surface area contributed by atoms with Gasteiger partial charge in [0.2, 0.25) is 0 Å². The summed E-state index contributed by atoms with van der Waals surface area (Å²) in [5.41, 5.74) is 2.84. The molecule has 5 heteroatoms. The van der Waals surface area contributed by atoms with Crippen molar-refractivity contribution in [1.29, 1.82) is 5.26 Å². The fourth-order valence-electron chi connectivity index (χ4n) is 2.86. The van der Waals surface area contributed by atoms with E-state index in [1.165, 1.54) is 0 Å². The minimum absolute atomic E-state index is 0.0599. The van der Waals surface area contributed by atoms with Crippen LogP contribution in [-0.2, 0) is 6.54 Å². The molecule has 1 N–H and O–H groups in total. The molecule has 3 rings (SSSR count). The maximum absolute atomic E-state index is 13.0. The lowest BCUT2D eigenvalue weighted by molar-refractivity contribution is 0.0690. The van der Waals surface area contributed by atoms with Crippen LogP contribution in [0.3, 0.4) is 0 Å². The van der Waals surface area contributed by atoms with Gasteiger partial charge in [-0.15, -0.1) is 0 Å². The number of nitrogens with zero attached hydrogens (tertiary/aromatic N) is 3. The number of carbonyl (C=O) groups is 1. The first-order valence-corrected chi connectivity index (χ1v) is 9.15. The van der Waals surface area contributed by atoms with Crippen LogP contribution in [-0.4, -0.2) is 21.8 Å². The van der Waals surface area contributed by atoms with E-state index >= 15 is 0 Å². The van der Waals surface area contributed by atoms with Gasteiger partial charge in [0.1, 0.15) is 11.9 Å². The normalized spacial score (nSPS) is 10.4. The molecule has 0 saturated heterocycles.